The molecule has 0 saturated carbocycles. The maximum Gasteiger partial charge on any atom is 0.328 e. The quantitative estimate of drug-likeness (QED) is 0.0890. The molecule has 57 heavy (non-hydrogen) atoms. The molecule has 0 radical (unpaired) electrons. The molecule has 3 N–H and O–H groups in total. The van der Waals surface area contributed by atoms with Gasteiger partial charge in [-0.05, 0) is 91.7 Å². The molecule has 7 nitrogen and oxygen atoms in total. The number of likely N-dealkylation sites (N-methyl/N-ethyl adjacent to an activating group) is 1. The third-order valence-corrected chi connectivity index (χ3v) is 12.1. The Hall–Kier alpha value is -4.35. The molecule has 5 aromatic carbocycles. The van der Waals surface area contributed by atoms with E-state index < -0.39 is 11.9 Å². The predicted octanol–water partition coefficient (Wildman–Crippen LogP) is 10.1. The summed E-state index contributed by atoms with van der Waals surface area (Å²) in [6.07, 6.45) is 5.50. The SMILES string of the molecule is CC(NCCC(c1ccccc1)c1ccccc1)c1ccccc1.CSc1ccc2c(c1)C(N1CCN(C)CC1)Cc1ccccc1S2.Cl.O=C(O)C=CC(=O)O. The number of piperazine rings is 1. The smallest absolute Gasteiger partial charge is 0.328 e. The minimum Gasteiger partial charge on any atom is -0.478 e. The van der Waals surface area contributed by atoms with Crippen LogP contribution >= 0.6 is 35.9 Å². The average Bonchev–Trinajstić information content (AvgIpc) is 3.40. The molecule has 300 valence electrons. The fourth-order valence-corrected chi connectivity index (χ4v) is 8.58. The summed E-state index contributed by atoms with van der Waals surface area (Å²) in [5.74, 6) is -2.08. The van der Waals surface area contributed by atoms with Gasteiger partial charge in [0, 0.05) is 71.0 Å². The van der Waals surface area contributed by atoms with E-state index in [1.807, 2.05) is 23.5 Å². The molecule has 1 saturated heterocycles. The summed E-state index contributed by atoms with van der Waals surface area (Å²) in [7, 11) is 2.23. The maximum atomic E-state index is 9.55. The molecule has 5 aromatic rings. The summed E-state index contributed by atoms with van der Waals surface area (Å²) in [6, 6.07) is 49.1. The number of nitrogens with zero attached hydrogens (tertiary/aromatic N) is 2. The van der Waals surface area contributed by atoms with E-state index in [4.69, 9.17) is 10.2 Å². The molecule has 10 heteroatoms. The van der Waals surface area contributed by atoms with E-state index in [0.717, 1.165) is 32.5 Å². The summed E-state index contributed by atoms with van der Waals surface area (Å²) < 4.78 is 0. The zero-order chi connectivity index (χ0) is 39.7. The van der Waals surface area contributed by atoms with Gasteiger partial charge in [-0.25, -0.2) is 9.59 Å². The standard InChI is InChI=1S/C23H25N.C20H24N2S2.C4H4O4.ClH/c1-19(20-11-5-2-6-12-20)24-18-17-23(21-13-7-3-8-14-21)22-15-9-4-10-16-22;1-21-9-11-22(12-10-21)18-13-15-5-3-4-6-19(15)24-20-8-7-16(23-2)14-17(18)20;5-3(6)1-2-4(7)8;/h2-16,19,23-24H,17-18H2,1H3;3-8,14,18H,9-13H2,1-2H3;1-2H,(H,5,6)(H,7,8);1H. The number of benzene rings is 5. The van der Waals surface area contributed by atoms with Gasteiger partial charge in [-0.15, -0.1) is 24.2 Å². The first kappa shape index (κ1) is 45.4. The number of hydrogen-bond acceptors (Lipinski definition) is 7. The Morgan fingerprint density at radius 3 is 1.82 bits per heavy atom. The third-order valence-electron chi connectivity index (χ3n) is 10.1. The van der Waals surface area contributed by atoms with E-state index in [9.17, 15) is 9.59 Å². The second kappa shape index (κ2) is 23.8. The number of thioether (sulfide) groups is 1. The van der Waals surface area contributed by atoms with Gasteiger partial charge in [0.25, 0.3) is 0 Å². The van der Waals surface area contributed by atoms with Gasteiger partial charge in [-0.2, -0.15) is 0 Å². The molecule has 0 spiro atoms. The molecule has 2 aliphatic heterocycles. The highest BCUT2D eigenvalue weighted by Gasteiger charge is 2.29. The van der Waals surface area contributed by atoms with Gasteiger partial charge in [0.1, 0.15) is 0 Å². The monoisotopic (exact) mass is 823 g/mol. The van der Waals surface area contributed by atoms with Crippen molar-refractivity contribution in [1.82, 2.24) is 15.1 Å². The summed E-state index contributed by atoms with van der Waals surface area (Å²) in [6.45, 7) is 7.89. The Bertz CT molecular complexity index is 1940. The lowest BCUT2D eigenvalue weighted by molar-refractivity contribution is -0.134. The van der Waals surface area contributed by atoms with Crippen molar-refractivity contribution >= 4 is 47.9 Å². The van der Waals surface area contributed by atoms with Crippen molar-refractivity contribution in [2.24, 2.45) is 0 Å². The van der Waals surface area contributed by atoms with E-state index in [1.165, 1.54) is 55.6 Å². The highest BCUT2D eigenvalue weighted by molar-refractivity contribution is 7.99. The molecule has 2 aliphatic rings. The minimum atomic E-state index is -1.26. The van der Waals surface area contributed by atoms with Gasteiger partial charge < -0.3 is 20.4 Å². The van der Waals surface area contributed by atoms with Crippen LogP contribution in [-0.4, -0.2) is 78.0 Å². The van der Waals surface area contributed by atoms with Crippen molar-refractivity contribution < 1.29 is 19.8 Å². The van der Waals surface area contributed by atoms with E-state index >= 15 is 0 Å². The number of carboxylic acid groups (broad SMARTS) is 2. The number of rotatable bonds is 11. The fraction of sp³-hybridized carbons (Fsp3) is 0.277. The van der Waals surface area contributed by atoms with Crippen molar-refractivity contribution in [3.05, 3.63) is 173 Å². The minimum absolute atomic E-state index is 0. The Morgan fingerprint density at radius 2 is 1.28 bits per heavy atom. The normalized spacial score (nSPS) is 15.7. The van der Waals surface area contributed by atoms with Crippen LogP contribution in [-0.2, 0) is 16.0 Å². The van der Waals surface area contributed by atoms with Crippen LogP contribution in [0.2, 0.25) is 0 Å². The van der Waals surface area contributed by atoms with Crippen LogP contribution in [0.15, 0.2) is 160 Å². The van der Waals surface area contributed by atoms with Crippen LogP contribution in [0.3, 0.4) is 0 Å². The van der Waals surface area contributed by atoms with Crippen molar-refractivity contribution in [3.8, 4) is 0 Å². The summed E-state index contributed by atoms with van der Waals surface area (Å²) in [5, 5.41) is 19.3. The van der Waals surface area contributed by atoms with E-state index in [-0.39, 0.29) is 12.4 Å². The Kier molecular flexibility index (Phi) is 18.9. The highest BCUT2D eigenvalue weighted by Crippen LogP contribution is 2.44. The predicted molar refractivity (Wildman–Crippen MR) is 238 cm³/mol. The largest absolute Gasteiger partial charge is 0.478 e. The average molecular weight is 825 g/mol. The van der Waals surface area contributed by atoms with E-state index in [1.54, 1.807) is 0 Å². The molecule has 1 fully saturated rings. The molecular formula is C47H54ClN3O4S2. The second-order valence-corrected chi connectivity index (χ2v) is 15.9. The van der Waals surface area contributed by atoms with Crippen LogP contribution in [0.25, 0.3) is 0 Å². The number of fused-ring (bicyclic) bond motifs is 2. The van der Waals surface area contributed by atoms with Gasteiger partial charge in [0.2, 0.25) is 0 Å². The zero-order valence-corrected chi connectivity index (χ0v) is 35.3. The number of carboxylic acids is 2. The highest BCUT2D eigenvalue weighted by atomic mass is 35.5. The van der Waals surface area contributed by atoms with Crippen LogP contribution < -0.4 is 5.32 Å². The van der Waals surface area contributed by atoms with Gasteiger partial charge in [0.05, 0.1) is 0 Å². The van der Waals surface area contributed by atoms with Crippen LogP contribution in [0, 0.1) is 0 Å². The fourth-order valence-electron chi connectivity index (χ4n) is 7.02. The van der Waals surface area contributed by atoms with E-state index in [0.29, 0.717) is 30.2 Å². The van der Waals surface area contributed by atoms with Gasteiger partial charge >= 0.3 is 11.9 Å². The Balaban J connectivity index is 0.000000210. The lowest BCUT2D eigenvalue weighted by Crippen LogP contribution is -2.46. The molecule has 0 bridgehead atoms. The van der Waals surface area contributed by atoms with E-state index in [2.05, 4.69) is 169 Å². The summed E-state index contributed by atoms with van der Waals surface area (Å²) in [5.41, 5.74) is 7.13. The Morgan fingerprint density at radius 1 is 0.754 bits per heavy atom. The van der Waals surface area contributed by atoms with Gasteiger partial charge in [0.15, 0.2) is 0 Å². The van der Waals surface area contributed by atoms with Gasteiger partial charge in [-0.1, -0.05) is 121 Å². The molecule has 0 amide bonds. The maximum absolute atomic E-state index is 9.55. The first-order valence-electron chi connectivity index (χ1n) is 19.1. The van der Waals surface area contributed by atoms with Crippen molar-refractivity contribution in [1.29, 1.82) is 0 Å². The molecule has 7 rings (SSSR count). The Labute approximate surface area is 353 Å². The van der Waals surface area contributed by atoms with Crippen molar-refractivity contribution in [2.75, 3.05) is 46.0 Å². The number of nitrogens with one attached hydrogen (secondary N) is 1. The first-order valence-corrected chi connectivity index (χ1v) is 21.1. The number of hydrogen-bond donors (Lipinski definition) is 3. The summed E-state index contributed by atoms with van der Waals surface area (Å²) in [4.78, 5) is 28.5. The summed E-state index contributed by atoms with van der Waals surface area (Å²) >= 11 is 3.79. The molecule has 2 atom stereocenters. The topological polar surface area (TPSA) is 93.1 Å². The van der Waals surface area contributed by atoms with Crippen molar-refractivity contribution in [3.63, 3.8) is 0 Å². The molecule has 2 heterocycles. The second-order valence-electron chi connectivity index (χ2n) is 13.9. The molecular weight excluding hydrogens is 770 g/mol. The first-order chi connectivity index (χ1) is 27.2. The number of aliphatic carboxylic acids is 2. The molecule has 0 aliphatic carbocycles. The zero-order valence-electron chi connectivity index (χ0n) is 32.9. The molecule has 0 aromatic heterocycles. The number of halogens is 1. The van der Waals surface area contributed by atoms with Crippen LogP contribution in [0.4, 0.5) is 0 Å². The lowest BCUT2D eigenvalue weighted by atomic mass is 9.88. The van der Waals surface area contributed by atoms with Crippen LogP contribution in [0.5, 0.6) is 0 Å². The number of carbonyl (C=O) groups is 2. The van der Waals surface area contributed by atoms with Crippen LogP contribution in [0.1, 0.15) is 59.2 Å². The molecule has 2 unspecified atom stereocenters. The third kappa shape index (κ3) is 14.2. The van der Waals surface area contributed by atoms with Gasteiger partial charge in [-0.3, -0.25) is 4.90 Å². The van der Waals surface area contributed by atoms with Crippen molar-refractivity contribution in [2.45, 2.75) is 52.5 Å². The lowest BCUT2D eigenvalue weighted by Gasteiger charge is -2.38.